The number of nitrogens with one attached hydrogen (secondary N) is 1. The summed E-state index contributed by atoms with van der Waals surface area (Å²) in [6.45, 7) is 2.67. The third-order valence-corrected chi connectivity index (χ3v) is 7.25. The minimum absolute atomic E-state index is 0.0873. The molecule has 0 radical (unpaired) electrons. The number of hydrogen-bond acceptors (Lipinski definition) is 5. The van der Waals surface area contributed by atoms with Gasteiger partial charge in [-0.05, 0) is 43.0 Å². The normalized spacial score (nSPS) is 14.8. The van der Waals surface area contributed by atoms with Crippen molar-refractivity contribution in [2.75, 3.05) is 20.8 Å². The largest absolute Gasteiger partial charge is 0.493 e. The zero-order valence-corrected chi connectivity index (χ0v) is 19.8. The lowest BCUT2D eigenvalue weighted by atomic mass is 9.78. The van der Waals surface area contributed by atoms with Crippen molar-refractivity contribution in [2.24, 2.45) is 0 Å². The molecule has 3 aromatic rings. The lowest BCUT2D eigenvalue weighted by molar-refractivity contribution is 0.0938. The first-order valence-corrected chi connectivity index (χ1v) is 11.9. The van der Waals surface area contributed by atoms with E-state index in [2.05, 4.69) is 53.6 Å². The van der Waals surface area contributed by atoms with E-state index in [0.717, 1.165) is 48.6 Å². The van der Waals surface area contributed by atoms with Gasteiger partial charge in [-0.1, -0.05) is 48.7 Å². The molecule has 0 bridgehead atoms. The van der Waals surface area contributed by atoms with Crippen LogP contribution in [0.4, 0.5) is 0 Å². The van der Waals surface area contributed by atoms with Gasteiger partial charge >= 0.3 is 0 Å². The van der Waals surface area contributed by atoms with Crippen LogP contribution in [0.5, 0.6) is 11.5 Å². The SMILES string of the molecule is COc1ccc(C2(CNC(=O)c3csc(Cc4ccc(C)cc4)n3)CCCC2)cc1OC. The topological polar surface area (TPSA) is 60.5 Å². The Labute approximate surface area is 193 Å². The summed E-state index contributed by atoms with van der Waals surface area (Å²) in [6, 6.07) is 14.5. The first-order valence-electron chi connectivity index (χ1n) is 11.0. The summed E-state index contributed by atoms with van der Waals surface area (Å²) in [5.41, 5.74) is 4.04. The van der Waals surface area contributed by atoms with Gasteiger partial charge in [0.2, 0.25) is 0 Å². The lowest BCUT2D eigenvalue weighted by Crippen LogP contribution is -2.39. The molecule has 0 saturated heterocycles. The van der Waals surface area contributed by atoms with Crippen LogP contribution in [0.25, 0.3) is 0 Å². The van der Waals surface area contributed by atoms with Crippen LogP contribution in [0.1, 0.15) is 57.9 Å². The number of thiazole rings is 1. The number of nitrogens with zero attached hydrogens (tertiary/aromatic N) is 1. The van der Waals surface area contributed by atoms with Crippen LogP contribution < -0.4 is 14.8 Å². The Morgan fingerprint density at radius 1 is 1.06 bits per heavy atom. The number of carbonyl (C=O) groups is 1. The molecule has 1 saturated carbocycles. The third kappa shape index (κ3) is 4.80. The minimum Gasteiger partial charge on any atom is -0.493 e. The molecule has 0 unspecified atom stereocenters. The fourth-order valence-corrected chi connectivity index (χ4v) is 5.31. The van der Waals surface area contributed by atoms with Crippen LogP contribution in [0.2, 0.25) is 0 Å². The highest BCUT2D eigenvalue weighted by Crippen LogP contribution is 2.43. The van der Waals surface area contributed by atoms with Crippen LogP contribution in [0.3, 0.4) is 0 Å². The van der Waals surface area contributed by atoms with Gasteiger partial charge in [-0.25, -0.2) is 4.98 Å². The molecule has 2 aromatic carbocycles. The number of amides is 1. The van der Waals surface area contributed by atoms with Gasteiger partial charge in [-0.3, -0.25) is 4.79 Å². The maximum Gasteiger partial charge on any atom is 0.270 e. The highest BCUT2D eigenvalue weighted by Gasteiger charge is 2.36. The Morgan fingerprint density at radius 2 is 1.78 bits per heavy atom. The summed E-state index contributed by atoms with van der Waals surface area (Å²) < 4.78 is 10.9. The predicted octanol–water partition coefficient (Wildman–Crippen LogP) is 5.30. The number of methoxy groups -OCH3 is 2. The van der Waals surface area contributed by atoms with Crippen molar-refractivity contribution in [3.63, 3.8) is 0 Å². The number of hydrogen-bond donors (Lipinski definition) is 1. The summed E-state index contributed by atoms with van der Waals surface area (Å²) in [6.07, 6.45) is 5.13. The Bertz CT molecular complexity index is 1070. The van der Waals surface area contributed by atoms with Gasteiger partial charge in [-0.15, -0.1) is 11.3 Å². The molecule has 1 heterocycles. The molecular formula is C26H30N2O3S. The number of aryl methyl sites for hydroxylation is 1. The van der Waals surface area contributed by atoms with E-state index in [-0.39, 0.29) is 11.3 Å². The second kappa shape index (κ2) is 9.74. The molecule has 0 aliphatic heterocycles. The first kappa shape index (κ1) is 22.3. The molecule has 0 atom stereocenters. The minimum atomic E-state index is -0.108. The molecule has 168 valence electrons. The fraction of sp³-hybridized carbons (Fsp3) is 0.385. The predicted molar refractivity (Wildman–Crippen MR) is 128 cm³/mol. The van der Waals surface area contributed by atoms with E-state index in [4.69, 9.17) is 9.47 Å². The number of rotatable bonds is 8. The molecule has 32 heavy (non-hydrogen) atoms. The molecule has 1 aliphatic rings. The molecule has 1 aromatic heterocycles. The molecule has 6 heteroatoms. The molecular weight excluding hydrogens is 420 g/mol. The second-order valence-corrected chi connectivity index (χ2v) is 9.47. The molecule has 1 fully saturated rings. The Balaban J connectivity index is 1.45. The van der Waals surface area contributed by atoms with E-state index in [1.807, 2.05) is 11.4 Å². The van der Waals surface area contributed by atoms with Gasteiger partial charge in [0.05, 0.1) is 19.2 Å². The molecule has 4 rings (SSSR count). The van der Waals surface area contributed by atoms with Gasteiger partial charge in [0, 0.05) is 23.8 Å². The van der Waals surface area contributed by atoms with Crippen molar-refractivity contribution in [3.05, 3.63) is 75.2 Å². The average molecular weight is 451 g/mol. The molecule has 1 amide bonds. The van der Waals surface area contributed by atoms with Crippen LogP contribution in [0.15, 0.2) is 47.8 Å². The molecule has 1 aliphatic carbocycles. The quantitative estimate of drug-likeness (QED) is 0.506. The zero-order chi connectivity index (χ0) is 22.6. The van der Waals surface area contributed by atoms with Crippen molar-refractivity contribution in [1.82, 2.24) is 10.3 Å². The van der Waals surface area contributed by atoms with Crippen LogP contribution in [-0.4, -0.2) is 31.7 Å². The van der Waals surface area contributed by atoms with Gasteiger partial charge in [0.25, 0.3) is 5.91 Å². The first-order chi connectivity index (χ1) is 15.5. The zero-order valence-electron chi connectivity index (χ0n) is 18.9. The van der Waals surface area contributed by atoms with E-state index in [9.17, 15) is 4.79 Å². The maximum atomic E-state index is 12.9. The van der Waals surface area contributed by atoms with Crippen molar-refractivity contribution in [2.45, 2.75) is 44.4 Å². The highest BCUT2D eigenvalue weighted by atomic mass is 32.1. The number of aromatic nitrogens is 1. The van der Waals surface area contributed by atoms with E-state index in [1.54, 1.807) is 14.2 Å². The van der Waals surface area contributed by atoms with E-state index < -0.39 is 0 Å². The second-order valence-electron chi connectivity index (χ2n) is 8.53. The van der Waals surface area contributed by atoms with Gasteiger partial charge in [0.1, 0.15) is 5.69 Å². The summed E-state index contributed by atoms with van der Waals surface area (Å²) in [5.74, 6) is 1.34. The van der Waals surface area contributed by atoms with E-state index >= 15 is 0 Å². The maximum absolute atomic E-state index is 12.9. The molecule has 1 N–H and O–H groups in total. The average Bonchev–Trinajstić information content (AvgIpc) is 3.49. The number of ether oxygens (including phenoxy) is 2. The van der Waals surface area contributed by atoms with Crippen LogP contribution in [-0.2, 0) is 11.8 Å². The smallest absolute Gasteiger partial charge is 0.270 e. The Morgan fingerprint density at radius 3 is 2.47 bits per heavy atom. The summed E-state index contributed by atoms with van der Waals surface area (Å²) >= 11 is 1.54. The number of carbonyl (C=O) groups excluding carboxylic acids is 1. The summed E-state index contributed by atoms with van der Waals surface area (Å²) in [7, 11) is 3.30. The van der Waals surface area contributed by atoms with E-state index in [1.165, 1.54) is 28.0 Å². The lowest BCUT2D eigenvalue weighted by Gasteiger charge is -2.30. The van der Waals surface area contributed by atoms with Crippen LogP contribution >= 0.6 is 11.3 Å². The summed E-state index contributed by atoms with van der Waals surface area (Å²) in [4.78, 5) is 17.5. The van der Waals surface area contributed by atoms with Crippen molar-refractivity contribution in [1.29, 1.82) is 0 Å². The van der Waals surface area contributed by atoms with E-state index in [0.29, 0.717) is 12.2 Å². The van der Waals surface area contributed by atoms with Gasteiger partial charge in [0.15, 0.2) is 11.5 Å². The monoisotopic (exact) mass is 450 g/mol. The van der Waals surface area contributed by atoms with Crippen molar-refractivity contribution < 1.29 is 14.3 Å². The van der Waals surface area contributed by atoms with Crippen molar-refractivity contribution in [3.8, 4) is 11.5 Å². The third-order valence-electron chi connectivity index (χ3n) is 6.40. The van der Waals surface area contributed by atoms with Crippen molar-refractivity contribution >= 4 is 17.2 Å². The molecule has 5 nitrogen and oxygen atoms in total. The van der Waals surface area contributed by atoms with Gasteiger partial charge < -0.3 is 14.8 Å². The van der Waals surface area contributed by atoms with Gasteiger partial charge in [-0.2, -0.15) is 0 Å². The highest BCUT2D eigenvalue weighted by molar-refractivity contribution is 7.09. The Kier molecular flexibility index (Phi) is 6.80. The standard InChI is InChI=1S/C26H30N2O3S/c1-18-6-8-19(9-7-18)14-24-28-21(16-32-24)25(29)27-17-26(12-4-5-13-26)20-10-11-22(30-2)23(15-20)31-3/h6-11,15-16H,4-5,12-14,17H2,1-3H3,(H,27,29). The molecule has 0 spiro atoms. The summed E-state index contributed by atoms with van der Waals surface area (Å²) in [5, 5.41) is 5.98. The Hall–Kier alpha value is -2.86. The fourth-order valence-electron chi connectivity index (χ4n) is 4.50. The number of benzene rings is 2. The van der Waals surface area contributed by atoms with Crippen LogP contribution in [0, 0.1) is 6.92 Å².